The second kappa shape index (κ2) is 9.17. The molecule has 0 spiro atoms. The summed E-state index contributed by atoms with van der Waals surface area (Å²) in [6, 6.07) is 2.08. The monoisotopic (exact) mass is 436 g/mol. The van der Waals surface area contributed by atoms with Crippen molar-refractivity contribution in [3.8, 4) is 5.75 Å². The van der Waals surface area contributed by atoms with Gasteiger partial charge in [-0.2, -0.15) is 0 Å². The van der Waals surface area contributed by atoms with E-state index in [2.05, 4.69) is 16.2 Å². The third-order valence-electron chi connectivity index (χ3n) is 6.40. The highest BCUT2D eigenvalue weighted by molar-refractivity contribution is 5.89. The molecule has 3 aliphatic rings. The molecule has 31 heavy (non-hydrogen) atoms. The molecule has 168 valence electrons. The van der Waals surface area contributed by atoms with E-state index >= 15 is 0 Å². The van der Waals surface area contributed by atoms with Gasteiger partial charge in [-0.25, -0.2) is 14.2 Å². The number of ether oxygens (including phenoxy) is 1. The van der Waals surface area contributed by atoms with Crippen molar-refractivity contribution in [2.75, 3.05) is 26.2 Å². The van der Waals surface area contributed by atoms with Crippen LogP contribution in [0.5, 0.6) is 5.75 Å². The topological polar surface area (TPSA) is 99.8 Å². The Morgan fingerprint density at radius 1 is 1.16 bits per heavy atom. The minimum Gasteiger partial charge on any atom is -0.484 e. The molecule has 4 rings (SSSR count). The number of amides is 3. The Morgan fingerprint density at radius 3 is 2.65 bits per heavy atom. The summed E-state index contributed by atoms with van der Waals surface area (Å²) in [6.45, 7) is 0.985. The highest BCUT2D eigenvalue weighted by Crippen LogP contribution is 2.42. The van der Waals surface area contributed by atoms with E-state index in [-0.39, 0.29) is 35.3 Å². The first kappa shape index (κ1) is 21.5. The molecular weight excluding hydrogens is 410 g/mol. The zero-order valence-electron chi connectivity index (χ0n) is 17.0. The molecule has 10 heteroatoms. The van der Waals surface area contributed by atoms with Gasteiger partial charge in [0.05, 0.1) is 5.92 Å². The molecule has 0 aromatic heterocycles. The van der Waals surface area contributed by atoms with Gasteiger partial charge in [-0.05, 0) is 31.1 Å². The van der Waals surface area contributed by atoms with Crippen LogP contribution in [-0.4, -0.2) is 54.9 Å². The fourth-order valence-electron chi connectivity index (χ4n) is 4.91. The van der Waals surface area contributed by atoms with Gasteiger partial charge in [0.2, 0.25) is 5.91 Å². The molecule has 8 nitrogen and oxygen atoms in total. The molecule has 3 fully saturated rings. The Balaban J connectivity index is 1.36. The van der Waals surface area contributed by atoms with Crippen LogP contribution in [-0.2, 0) is 14.4 Å². The van der Waals surface area contributed by atoms with Gasteiger partial charge >= 0.3 is 0 Å². The quantitative estimate of drug-likeness (QED) is 0.548. The third kappa shape index (κ3) is 4.79. The number of hydrazine groups is 1. The molecule has 1 saturated carbocycles. The standard InChI is InChI=1S/C21H26F2N4O4/c22-14-6-15(23)8-16(7-14)31-11-18(28)27-10-13-2-1-3-17(13)19(27)21(30)26-25-9-12-4-5-24-20(12)29/h6-8,12-13,17,19,25H,1-5,9-11H2,(H,24,29)(H,26,30)/t12-,13?,17?,19?/m0/s1. The highest BCUT2D eigenvalue weighted by atomic mass is 19.1. The molecule has 1 aromatic rings. The Kier molecular flexibility index (Phi) is 6.35. The second-order valence-electron chi connectivity index (χ2n) is 8.39. The van der Waals surface area contributed by atoms with Crippen molar-refractivity contribution in [2.45, 2.75) is 31.7 Å². The van der Waals surface area contributed by atoms with Crippen molar-refractivity contribution in [1.29, 1.82) is 0 Å². The maximum atomic E-state index is 13.3. The SMILES string of the molecule is O=C(NNC[C@@H]1CCNC1=O)C1C2CCCC2CN1C(=O)COc1cc(F)cc(F)c1. The Labute approximate surface area is 178 Å². The average Bonchev–Trinajstić information content (AvgIpc) is 3.41. The zero-order valence-corrected chi connectivity index (χ0v) is 17.0. The van der Waals surface area contributed by atoms with Crippen molar-refractivity contribution in [3.05, 3.63) is 29.8 Å². The number of rotatable bonds is 7. The summed E-state index contributed by atoms with van der Waals surface area (Å²) in [5.41, 5.74) is 5.49. The van der Waals surface area contributed by atoms with E-state index in [0.29, 0.717) is 26.1 Å². The maximum Gasteiger partial charge on any atom is 0.261 e. The predicted octanol–water partition coefficient (Wildman–Crippen LogP) is 0.728. The molecule has 2 aliphatic heterocycles. The summed E-state index contributed by atoms with van der Waals surface area (Å²) < 4.78 is 32.0. The fourth-order valence-corrected chi connectivity index (χ4v) is 4.91. The van der Waals surface area contributed by atoms with Crippen molar-refractivity contribution in [3.63, 3.8) is 0 Å². The number of fused-ring (bicyclic) bond motifs is 1. The number of carbonyl (C=O) groups is 3. The van der Waals surface area contributed by atoms with Gasteiger partial charge in [0.1, 0.15) is 23.4 Å². The van der Waals surface area contributed by atoms with Gasteiger partial charge in [-0.15, -0.1) is 0 Å². The van der Waals surface area contributed by atoms with E-state index in [9.17, 15) is 23.2 Å². The lowest BCUT2D eigenvalue weighted by atomic mass is 9.93. The first-order valence-corrected chi connectivity index (χ1v) is 10.6. The molecule has 1 aromatic carbocycles. The van der Waals surface area contributed by atoms with Crippen molar-refractivity contribution < 1.29 is 27.9 Å². The Bertz CT molecular complexity index is 848. The molecule has 3 N–H and O–H groups in total. The number of carbonyl (C=O) groups excluding carboxylic acids is 3. The number of nitrogens with one attached hydrogen (secondary N) is 3. The summed E-state index contributed by atoms with van der Waals surface area (Å²) in [7, 11) is 0. The van der Waals surface area contributed by atoms with Gasteiger partial charge in [0.25, 0.3) is 11.8 Å². The van der Waals surface area contributed by atoms with Crippen LogP contribution in [0, 0.1) is 29.4 Å². The first-order valence-electron chi connectivity index (χ1n) is 10.6. The van der Waals surface area contributed by atoms with Crippen LogP contribution in [0.4, 0.5) is 8.78 Å². The van der Waals surface area contributed by atoms with Gasteiger partial charge in [-0.1, -0.05) is 6.42 Å². The number of halogens is 2. The van der Waals surface area contributed by atoms with E-state index in [4.69, 9.17) is 4.74 Å². The Morgan fingerprint density at radius 2 is 1.94 bits per heavy atom. The number of hydrogen-bond acceptors (Lipinski definition) is 5. The maximum absolute atomic E-state index is 13.3. The van der Waals surface area contributed by atoms with Crippen molar-refractivity contribution >= 4 is 17.7 Å². The molecule has 2 heterocycles. The van der Waals surface area contributed by atoms with E-state index < -0.39 is 30.2 Å². The second-order valence-corrected chi connectivity index (χ2v) is 8.39. The van der Waals surface area contributed by atoms with Gasteiger partial charge in [0, 0.05) is 37.8 Å². The molecule has 0 radical (unpaired) electrons. The van der Waals surface area contributed by atoms with Gasteiger partial charge in [-0.3, -0.25) is 19.8 Å². The van der Waals surface area contributed by atoms with E-state index in [1.807, 2.05) is 0 Å². The summed E-state index contributed by atoms with van der Waals surface area (Å²) in [4.78, 5) is 38.9. The third-order valence-corrected chi connectivity index (χ3v) is 6.40. The lowest BCUT2D eigenvalue weighted by Gasteiger charge is -2.27. The molecule has 2 saturated heterocycles. The van der Waals surface area contributed by atoms with Gasteiger partial charge < -0.3 is 15.0 Å². The summed E-state index contributed by atoms with van der Waals surface area (Å²) in [6.07, 6.45) is 3.52. The lowest BCUT2D eigenvalue weighted by molar-refractivity contribution is -0.141. The van der Waals surface area contributed by atoms with Crippen LogP contribution in [0.1, 0.15) is 25.7 Å². The molecule has 4 atom stereocenters. The number of nitrogens with zero attached hydrogens (tertiary/aromatic N) is 1. The van der Waals surface area contributed by atoms with Crippen LogP contribution in [0.3, 0.4) is 0 Å². The lowest BCUT2D eigenvalue weighted by Crippen LogP contribution is -2.53. The Hall–Kier alpha value is -2.75. The molecule has 1 aliphatic carbocycles. The fraction of sp³-hybridized carbons (Fsp3) is 0.571. The van der Waals surface area contributed by atoms with Crippen molar-refractivity contribution in [2.24, 2.45) is 17.8 Å². The van der Waals surface area contributed by atoms with E-state index in [0.717, 1.165) is 37.5 Å². The van der Waals surface area contributed by atoms with E-state index in [1.54, 1.807) is 0 Å². The average molecular weight is 436 g/mol. The summed E-state index contributed by atoms with van der Waals surface area (Å²) in [5.74, 6) is -2.33. The van der Waals surface area contributed by atoms with Crippen LogP contribution in [0.15, 0.2) is 18.2 Å². The van der Waals surface area contributed by atoms with E-state index in [1.165, 1.54) is 4.90 Å². The normalized spacial score (nSPS) is 27.2. The minimum absolute atomic E-state index is 0.0405. The van der Waals surface area contributed by atoms with Crippen molar-refractivity contribution in [1.82, 2.24) is 21.1 Å². The molecule has 3 amide bonds. The molecule has 3 unspecified atom stereocenters. The minimum atomic E-state index is -0.794. The molecule has 0 bridgehead atoms. The number of hydrogen-bond donors (Lipinski definition) is 3. The molecular formula is C21H26F2N4O4. The largest absolute Gasteiger partial charge is 0.484 e. The van der Waals surface area contributed by atoms with Crippen LogP contribution in [0.2, 0.25) is 0 Å². The highest BCUT2D eigenvalue weighted by Gasteiger charge is 2.49. The summed E-state index contributed by atoms with van der Waals surface area (Å²) >= 11 is 0. The number of benzene rings is 1. The summed E-state index contributed by atoms with van der Waals surface area (Å²) in [5, 5.41) is 2.74. The first-order chi connectivity index (χ1) is 14.9. The predicted molar refractivity (Wildman–Crippen MR) is 105 cm³/mol. The zero-order chi connectivity index (χ0) is 22.0. The van der Waals surface area contributed by atoms with Gasteiger partial charge in [0.15, 0.2) is 6.61 Å². The number of likely N-dealkylation sites (tertiary alicyclic amines) is 1. The van der Waals surface area contributed by atoms with Crippen LogP contribution >= 0.6 is 0 Å². The smallest absolute Gasteiger partial charge is 0.261 e. The van der Waals surface area contributed by atoms with Crippen LogP contribution < -0.4 is 20.9 Å². The van der Waals surface area contributed by atoms with Crippen LogP contribution in [0.25, 0.3) is 0 Å².